The van der Waals surface area contributed by atoms with Gasteiger partial charge in [-0.1, -0.05) is 12.1 Å². The molecule has 0 radical (unpaired) electrons. The first-order valence-corrected chi connectivity index (χ1v) is 5.74. The van der Waals surface area contributed by atoms with Crippen molar-refractivity contribution in [2.24, 2.45) is 15.7 Å². The summed E-state index contributed by atoms with van der Waals surface area (Å²) in [5.74, 6) is 0.527. The fraction of sp³-hybridized carbons (Fsp3) is 0.231. The Balaban J connectivity index is 2.23. The van der Waals surface area contributed by atoms with E-state index in [4.69, 9.17) is 5.73 Å². The van der Waals surface area contributed by atoms with Crippen molar-refractivity contribution < 1.29 is 0 Å². The van der Waals surface area contributed by atoms with Crippen LogP contribution in [0.4, 0.5) is 11.4 Å². The highest BCUT2D eigenvalue weighted by Gasteiger charge is 2.07. The zero-order valence-corrected chi connectivity index (χ0v) is 10.6. The van der Waals surface area contributed by atoms with E-state index >= 15 is 0 Å². The molecule has 1 aliphatic rings. The summed E-state index contributed by atoms with van der Waals surface area (Å²) in [5, 5.41) is 3.10. The topological polar surface area (TPSA) is 66.0 Å². The Labute approximate surface area is 107 Å². The lowest BCUT2D eigenvalue weighted by atomic mass is 10.2. The molecule has 5 heteroatoms. The molecule has 5 nitrogen and oxygen atoms in total. The summed E-state index contributed by atoms with van der Waals surface area (Å²) >= 11 is 0. The number of nitrogens with one attached hydrogen (secondary N) is 1. The number of aliphatic imine (C=N–C) groups is 2. The molecule has 0 aliphatic carbocycles. The van der Waals surface area contributed by atoms with Gasteiger partial charge in [-0.3, -0.25) is 4.99 Å². The van der Waals surface area contributed by atoms with E-state index in [0.29, 0.717) is 12.5 Å². The maximum Gasteiger partial charge on any atom is 0.130 e. The fourth-order valence-electron chi connectivity index (χ4n) is 1.66. The SMILES string of the molecule is CNc1ccccc1N=CC1=CN(C)CN=C1N. The molecule has 0 saturated heterocycles. The van der Waals surface area contributed by atoms with Gasteiger partial charge in [0.15, 0.2) is 0 Å². The van der Waals surface area contributed by atoms with Gasteiger partial charge >= 0.3 is 0 Å². The molecule has 3 N–H and O–H groups in total. The normalized spacial score (nSPS) is 15.6. The zero-order valence-electron chi connectivity index (χ0n) is 10.6. The lowest BCUT2D eigenvalue weighted by molar-refractivity contribution is 0.466. The summed E-state index contributed by atoms with van der Waals surface area (Å²) in [5.41, 5.74) is 8.51. The van der Waals surface area contributed by atoms with Crippen LogP contribution in [0.3, 0.4) is 0 Å². The molecule has 18 heavy (non-hydrogen) atoms. The summed E-state index contributed by atoms with van der Waals surface area (Å²) in [6, 6.07) is 7.84. The van der Waals surface area contributed by atoms with E-state index in [1.54, 1.807) is 6.21 Å². The van der Waals surface area contributed by atoms with Gasteiger partial charge in [-0.15, -0.1) is 0 Å². The molecule has 0 fully saturated rings. The van der Waals surface area contributed by atoms with E-state index in [2.05, 4.69) is 15.3 Å². The van der Waals surface area contributed by atoms with Crippen molar-refractivity contribution in [2.75, 3.05) is 26.1 Å². The minimum atomic E-state index is 0.527. The second kappa shape index (κ2) is 5.35. The molecule has 0 aromatic heterocycles. The minimum Gasteiger partial charge on any atom is -0.386 e. The van der Waals surface area contributed by atoms with Crippen LogP contribution < -0.4 is 11.1 Å². The molecule has 2 rings (SSSR count). The summed E-state index contributed by atoms with van der Waals surface area (Å²) in [6.07, 6.45) is 3.68. The smallest absolute Gasteiger partial charge is 0.130 e. The van der Waals surface area contributed by atoms with Crippen molar-refractivity contribution in [3.8, 4) is 0 Å². The van der Waals surface area contributed by atoms with Gasteiger partial charge in [0.05, 0.1) is 16.9 Å². The van der Waals surface area contributed by atoms with Crippen LogP contribution in [0, 0.1) is 0 Å². The van der Waals surface area contributed by atoms with Gasteiger partial charge < -0.3 is 16.0 Å². The molecule has 1 aromatic rings. The summed E-state index contributed by atoms with van der Waals surface area (Å²) in [6.45, 7) is 0.594. The Bertz CT molecular complexity index is 516. The van der Waals surface area contributed by atoms with E-state index in [-0.39, 0.29) is 0 Å². The lowest BCUT2D eigenvalue weighted by Gasteiger charge is -2.17. The van der Waals surface area contributed by atoms with Crippen LogP contribution in [0.25, 0.3) is 0 Å². The average Bonchev–Trinajstić information content (AvgIpc) is 2.40. The highest BCUT2D eigenvalue weighted by atomic mass is 15.2. The Morgan fingerprint density at radius 3 is 3.00 bits per heavy atom. The number of benzene rings is 1. The third-order valence-corrected chi connectivity index (χ3v) is 2.64. The Morgan fingerprint density at radius 1 is 1.44 bits per heavy atom. The number of hydrogen-bond acceptors (Lipinski definition) is 5. The standard InChI is InChI=1S/C13H17N5/c1-15-11-5-3-4-6-12(11)16-7-10-8-18(2)9-17-13(10)14/h3-8,15H,9H2,1-2H3,(H2,14,17). The minimum absolute atomic E-state index is 0.527. The van der Waals surface area contributed by atoms with Crippen molar-refractivity contribution in [1.29, 1.82) is 0 Å². The third kappa shape index (κ3) is 2.68. The van der Waals surface area contributed by atoms with Crippen LogP contribution in [-0.2, 0) is 0 Å². The predicted molar refractivity (Wildman–Crippen MR) is 76.5 cm³/mol. The molecule has 0 saturated carbocycles. The van der Waals surface area contributed by atoms with Gasteiger partial charge in [-0.05, 0) is 12.1 Å². The van der Waals surface area contributed by atoms with Crippen molar-refractivity contribution in [3.63, 3.8) is 0 Å². The first kappa shape index (κ1) is 12.2. The number of hydrogen-bond donors (Lipinski definition) is 2. The van der Waals surface area contributed by atoms with Crippen LogP contribution in [-0.4, -0.2) is 37.7 Å². The van der Waals surface area contributed by atoms with Crippen LogP contribution in [0.1, 0.15) is 0 Å². The van der Waals surface area contributed by atoms with Crippen LogP contribution in [0.2, 0.25) is 0 Å². The largest absolute Gasteiger partial charge is 0.386 e. The Hall–Kier alpha value is -2.30. The van der Waals surface area contributed by atoms with Gasteiger partial charge in [0, 0.05) is 26.5 Å². The number of anilines is 1. The van der Waals surface area contributed by atoms with Gasteiger partial charge in [-0.2, -0.15) is 0 Å². The maximum absolute atomic E-state index is 5.82. The lowest BCUT2D eigenvalue weighted by Crippen LogP contribution is -2.26. The molecule has 0 atom stereocenters. The monoisotopic (exact) mass is 243 g/mol. The number of nitrogens with zero attached hydrogens (tertiary/aromatic N) is 3. The van der Waals surface area contributed by atoms with E-state index in [0.717, 1.165) is 16.9 Å². The Kier molecular flexibility index (Phi) is 3.62. The van der Waals surface area contributed by atoms with Crippen LogP contribution in [0.15, 0.2) is 46.0 Å². The molecular weight excluding hydrogens is 226 g/mol. The summed E-state index contributed by atoms with van der Waals surface area (Å²) in [4.78, 5) is 10.6. The first-order valence-electron chi connectivity index (χ1n) is 5.74. The molecule has 1 heterocycles. The van der Waals surface area contributed by atoms with Crippen LogP contribution >= 0.6 is 0 Å². The van der Waals surface area contributed by atoms with Gasteiger partial charge in [0.25, 0.3) is 0 Å². The quantitative estimate of drug-likeness (QED) is 0.792. The molecule has 1 aromatic carbocycles. The van der Waals surface area contributed by atoms with Gasteiger partial charge in [0.2, 0.25) is 0 Å². The number of amidine groups is 1. The van der Waals surface area contributed by atoms with Crippen LogP contribution in [0.5, 0.6) is 0 Å². The van der Waals surface area contributed by atoms with Gasteiger partial charge in [-0.25, -0.2) is 4.99 Å². The fourth-order valence-corrected chi connectivity index (χ4v) is 1.66. The highest BCUT2D eigenvalue weighted by Crippen LogP contribution is 2.23. The summed E-state index contributed by atoms with van der Waals surface area (Å²) < 4.78 is 0. The molecule has 0 bridgehead atoms. The molecule has 0 unspecified atom stereocenters. The van der Waals surface area contributed by atoms with E-state index in [1.165, 1.54) is 0 Å². The van der Waals surface area contributed by atoms with Crippen molar-refractivity contribution in [1.82, 2.24) is 4.90 Å². The van der Waals surface area contributed by atoms with E-state index < -0.39 is 0 Å². The number of rotatable bonds is 3. The predicted octanol–water partition coefficient (Wildman–Crippen LogP) is 1.57. The van der Waals surface area contributed by atoms with Crippen molar-refractivity contribution in [3.05, 3.63) is 36.0 Å². The second-order valence-corrected chi connectivity index (χ2v) is 4.05. The summed E-state index contributed by atoms with van der Waals surface area (Å²) in [7, 11) is 3.82. The third-order valence-electron chi connectivity index (χ3n) is 2.64. The molecule has 94 valence electrons. The zero-order chi connectivity index (χ0) is 13.0. The van der Waals surface area contributed by atoms with Gasteiger partial charge in [0.1, 0.15) is 12.5 Å². The molecule has 0 amide bonds. The second-order valence-electron chi connectivity index (χ2n) is 4.05. The Morgan fingerprint density at radius 2 is 2.22 bits per heavy atom. The highest BCUT2D eigenvalue weighted by molar-refractivity contribution is 6.15. The van der Waals surface area contributed by atoms with E-state index in [1.807, 2.05) is 49.5 Å². The van der Waals surface area contributed by atoms with E-state index in [9.17, 15) is 0 Å². The van der Waals surface area contributed by atoms with Crippen molar-refractivity contribution in [2.45, 2.75) is 0 Å². The number of nitrogens with two attached hydrogens (primary N) is 1. The molecule has 0 spiro atoms. The molecular formula is C13H17N5. The van der Waals surface area contributed by atoms with Crippen molar-refractivity contribution >= 4 is 23.4 Å². The maximum atomic E-state index is 5.82. The average molecular weight is 243 g/mol. The first-order chi connectivity index (χ1) is 8.70. The molecule has 1 aliphatic heterocycles. The number of para-hydroxylation sites is 2.